The lowest BCUT2D eigenvalue weighted by molar-refractivity contribution is 0.503. The highest BCUT2D eigenvalue weighted by atomic mass is 35.5. The molecule has 0 bridgehead atoms. The van der Waals surface area contributed by atoms with Crippen molar-refractivity contribution in [2.24, 2.45) is 0 Å². The van der Waals surface area contributed by atoms with Crippen LogP contribution in [0.15, 0.2) is 12.3 Å². The van der Waals surface area contributed by atoms with Gasteiger partial charge in [0.05, 0.1) is 34.3 Å². The van der Waals surface area contributed by atoms with Gasteiger partial charge in [-0.15, -0.1) is 0 Å². The van der Waals surface area contributed by atoms with Crippen LogP contribution in [0.4, 0.5) is 0 Å². The molecule has 0 amide bonds. The van der Waals surface area contributed by atoms with E-state index in [1.165, 1.54) is 0 Å². The summed E-state index contributed by atoms with van der Waals surface area (Å²) in [6.45, 7) is 8.07. The summed E-state index contributed by atoms with van der Waals surface area (Å²) in [6.07, 6.45) is 3.68. The second kappa shape index (κ2) is 7.09. The molecule has 2 aromatic rings. The first-order valence-corrected chi connectivity index (χ1v) is 7.99. The van der Waals surface area contributed by atoms with Gasteiger partial charge in [0.2, 0.25) is 0 Å². The Labute approximate surface area is 131 Å². The molecule has 0 spiro atoms. The highest BCUT2D eigenvalue weighted by Gasteiger charge is 2.24. The lowest BCUT2D eigenvalue weighted by Crippen LogP contribution is -2.24. The fourth-order valence-electron chi connectivity index (χ4n) is 2.62. The third-order valence-electron chi connectivity index (χ3n) is 3.65. The van der Waals surface area contributed by atoms with Crippen molar-refractivity contribution in [2.45, 2.75) is 52.7 Å². The Morgan fingerprint density at radius 2 is 2.05 bits per heavy atom. The SMILES string of the molecule is CCCn1ncc(Cl)c1C(NC)c1cc(CC)nn1CC. The van der Waals surface area contributed by atoms with Crippen molar-refractivity contribution in [3.05, 3.63) is 34.4 Å². The van der Waals surface area contributed by atoms with Gasteiger partial charge in [0.15, 0.2) is 0 Å². The number of aromatic nitrogens is 4. The zero-order valence-electron chi connectivity index (χ0n) is 13.2. The summed E-state index contributed by atoms with van der Waals surface area (Å²) in [4.78, 5) is 0. The van der Waals surface area contributed by atoms with Crippen LogP contribution in [0.3, 0.4) is 0 Å². The Morgan fingerprint density at radius 3 is 2.62 bits per heavy atom. The van der Waals surface area contributed by atoms with Crippen LogP contribution in [0, 0.1) is 0 Å². The number of aryl methyl sites for hydroxylation is 3. The van der Waals surface area contributed by atoms with Crippen LogP contribution >= 0.6 is 11.6 Å². The van der Waals surface area contributed by atoms with Gasteiger partial charge < -0.3 is 5.32 Å². The monoisotopic (exact) mass is 309 g/mol. The Bertz CT molecular complexity index is 587. The molecule has 0 radical (unpaired) electrons. The van der Waals surface area contributed by atoms with Crippen LogP contribution in [-0.2, 0) is 19.5 Å². The maximum Gasteiger partial charge on any atom is 0.0931 e. The van der Waals surface area contributed by atoms with E-state index in [2.05, 4.69) is 42.4 Å². The fourth-order valence-corrected chi connectivity index (χ4v) is 2.87. The lowest BCUT2D eigenvalue weighted by Gasteiger charge is -2.19. The number of hydrogen-bond donors (Lipinski definition) is 1. The van der Waals surface area contributed by atoms with Gasteiger partial charge in [-0.1, -0.05) is 25.4 Å². The van der Waals surface area contributed by atoms with Gasteiger partial charge >= 0.3 is 0 Å². The highest BCUT2D eigenvalue weighted by molar-refractivity contribution is 6.31. The Morgan fingerprint density at radius 1 is 1.29 bits per heavy atom. The Balaban J connectivity index is 2.49. The lowest BCUT2D eigenvalue weighted by atomic mass is 10.1. The minimum absolute atomic E-state index is 0.000648. The molecule has 1 unspecified atom stereocenters. The first-order chi connectivity index (χ1) is 10.2. The van der Waals surface area contributed by atoms with Gasteiger partial charge in [0.25, 0.3) is 0 Å². The third-order valence-corrected chi connectivity index (χ3v) is 3.94. The van der Waals surface area contributed by atoms with E-state index in [1.54, 1.807) is 6.20 Å². The van der Waals surface area contributed by atoms with E-state index in [1.807, 2.05) is 16.4 Å². The normalized spacial score (nSPS) is 12.8. The van der Waals surface area contributed by atoms with E-state index in [4.69, 9.17) is 11.6 Å². The van der Waals surface area contributed by atoms with Crippen LogP contribution in [0.2, 0.25) is 5.02 Å². The molecular formula is C15H24ClN5. The standard InChI is InChI=1S/C15H24ClN5/c1-5-8-21-15(12(16)10-18-21)14(17-4)13-9-11(6-2)19-20(13)7-3/h9-10,14,17H,5-8H2,1-4H3. The average Bonchev–Trinajstić information content (AvgIpc) is 3.06. The Kier molecular flexibility index (Phi) is 5.42. The summed E-state index contributed by atoms with van der Waals surface area (Å²) in [6, 6.07) is 2.16. The molecule has 0 fully saturated rings. The van der Waals surface area contributed by atoms with Gasteiger partial charge in [-0.25, -0.2) is 0 Å². The van der Waals surface area contributed by atoms with Crippen molar-refractivity contribution in [1.82, 2.24) is 24.9 Å². The van der Waals surface area contributed by atoms with Crippen molar-refractivity contribution >= 4 is 11.6 Å². The van der Waals surface area contributed by atoms with Gasteiger partial charge in [-0.2, -0.15) is 10.2 Å². The molecule has 21 heavy (non-hydrogen) atoms. The minimum atomic E-state index is -0.000648. The topological polar surface area (TPSA) is 47.7 Å². The first kappa shape index (κ1) is 16.0. The summed E-state index contributed by atoms with van der Waals surface area (Å²) in [5, 5.41) is 13.1. The van der Waals surface area contributed by atoms with E-state index in [0.29, 0.717) is 5.02 Å². The summed E-state index contributed by atoms with van der Waals surface area (Å²) in [7, 11) is 1.95. The molecule has 1 N–H and O–H groups in total. The maximum atomic E-state index is 6.39. The molecule has 0 aliphatic rings. The van der Waals surface area contributed by atoms with Crippen molar-refractivity contribution in [3.8, 4) is 0 Å². The molecule has 1 atom stereocenters. The summed E-state index contributed by atoms with van der Waals surface area (Å²) < 4.78 is 4.03. The van der Waals surface area contributed by atoms with Crippen LogP contribution < -0.4 is 5.32 Å². The van der Waals surface area contributed by atoms with E-state index in [9.17, 15) is 0 Å². The van der Waals surface area contributed by atoms with Crippen molar-refractivity contribution in [3.63, 3.8) is 0 Å². The largest absolute Gasteiger partial charge is 0.307 e. The van der Waals surface area contributed by atoms with E-state index >= 15 is 0 Å². The predicted molar refractivity (Wildman–Crippen MR) is 85.7 cm³/mol. The van der Waals surface area contributed by atoms with E-state index in [-0.39, 0.29) is 6.04 Å². The number of nitrogens with one attached hydrogen (secondary N) is 1. The smallest absolute Gasteiger partial charge is 0.0931 e. The number of halogens is 1. The number of hydrogen-bond acceptors (Lipinski definition) is 3. The minimum Gasteiger partial charge on any atom is -0.307 e. The molecule has 0 aliphatic carbocycles. The second-order valence-electron chi connectivity index (χ2n) is 5.05. The molecular weight excluding hydrogens is 286 g/mol. The maximum absolute atomic E-state index is 6.39. The molecule has 0 saturated carbocycles. The number of nitrogens with zero attached hydrogens (tertiary/aromatic N) is 4. The van der Waals surface area contributed by atoms with E-state index in [0.717, 1.165) is 43.0 Å². The van der Waals surface area contributed by atoms with Gasteiger partial charge in [-0.05, 0) is 32.9 Å². The molecule has 2 rings (SSSR count). The quantitative estimate of drug-likeness (QED) is 0.855. The van der Waals surface area contributed by atoms with Crippen molar-refractivity contribution in [2.75, 3.05) is 7.05 Å². The van der Waals surface area contributed by atoms with Gasteiger partial charge in [-0.3, -0.25) is 9.36 Å². The van der Waals surface area contributed by atoms with Crippen LogP contribution in [0.5, 0.6) is 0 Å². The van der Waals surface area contributed by atoms with Gasteiger partial charge in [0, 0.05) is 13.1 Å². The third kappa shape index (κ3) is 3.14. The molecule has 116 valence electrons. The fraction of sp³-hybridized carbons (Fsp3) is 0.600. The average molecular weight is 310 g/mol. The van der Waals surface area contributed by atoms with Crippen LogP contribution in [0.1, 0.15) is 50.3 Å². The van der Waals surface area contributed by atoms with Gasteiger partial charge in [0.1, 0.15) is 0 Å². The van der Waals surface area contributed by atoms with E-state index < -0.39 is 0 Å². The molecule has 0 aromatic carbocycles. The summed E-state index contributed by atoms with van der Waals surface area (Å²) >= 11 is 6.39. The van der Waals surface area contributed by atoms with Crippen LogP contribution in [0.25, 0.3) is 0 Å². The predicted octanol–water partition coefficient (Wildman–Crippen LogP) is 3.03. The number of rotatable bonds is 7. The molecule has 2 aromatic heterocycles. The summed E-state index contributed by atoms with van der Waals surface area (Å²) in [5.41, 5.74) is 3.25. The van der Waals surface area contributed by atoms with Crippen molar-refractivity contribution < 1.29 is 0 Å². The van der Waals surface area contributed by atoms with Crippen LogP contribution in [-0.4, -0.2) is 26.6 Å². The molecule has 0 aliphatic heterocycles. The zero-order chi connectivity index (χ0) is 15.4. The highest BCUT2D eigenvalue weighted by Crippen LogP contribution is 2.29. The summed E-state index contributed by atoms with van der Waals surface area (Å²) in [5.74, 6) is 0. The Hall–Kier alpha value is -1.33. The van der Waals surface area contributed by atoms with Crippen molar-refractivity contribution in [1.29, 1.82) is 0 Å². The molecule has 0 saturated heterocycles. The first-order valence-electron chi connectivity index (χ1n) is 7.61. The molecule has 6 heteroatoms. The molecule has 5 nitrogen and oxygen atoms in total. The molecule has 2 heterocycles. The zero-order valence-corrected chi connectivity index (χ0v) is 14.0. The second-order valence-corrected chi connectivity index (χ2v) is 5.46.